The molecule has 2 aromatic heterocycles. The van der Waals surface area contributed by atoms with Gasteiger partial charge in [0.25, 0.3) is 0 Å². The molecule has 17 heavy (non-hydrogen) atoms. The van der Waals surface area contributed by atoms with Crippen LogP contribution >= 0.6 is 15.9 Å². The summed E-state index contributed by atoms with van der Waals surface area (Å²) >= 11 is 3.49. The Balaban J connectivity index is 2.34. The number of halogens is 1. The summed E-state index contributed by atoms with van der Waals surface area (Å²) in [5.74, 6) is 0.503. The second-order valence-electron chi connectivity index (χ2n) is 4.02. The van der Waals surface area contributed by atoms with Crippen LogP contribution in [0.1, 0.15) is 5.69 Å². The van der Waals surface area contributed by atoms with Crippen LogP contribution in [-0.2, 0) is 0 Å². The van der Waals surface area contributed by atoms with Crippen molar-refractivity contribution in [1.29, 1.82) is 0 Å². The lowest BCUT2D eigenvalue weighted by atomic mass is 10.1. The van der Waals surface area contributed by atoms with E-state index < -0.39 is 0 Å². The third-order valence-electron chi connectivity index (χ3n) is 2.82. The first-order chi connectivity index (χ1) is 8.15. The molecule has 0 spiro atoms. The molecule has 0 radical (unpaired) electrons. The Labute approximate surface area is 106 Å². The van der Waals surface area contributed by atoms with Crippen LogP contribution in [0.3, 0.4) is 0 Å². The Morgan fingerprint density at radius 1 is 1.29 bits per heavy atom. The van der Waals surface area contributed by atoms with E-state index in [1.54, 1.807) is 0 Å². The molecule has 3 aromatic rings. The highest BCUT2D eigenvalue weighted by atomic mass is 79.9. The molecule has 3 rings (SSSR count). The number of hydrogen-bond donors (Lipinski definition) is 3. The second-order valence-corrected chi connectivity index (χ2v) is 4.94. The average molecular weight is 291 g/mol. The number of nitrogens with two attached hydrogens (primary N) is 1. The predicted molar refractivity (Wildman–Crippen MR) is 72.7 cm³/mol. The van der Waals surface area contributed by atoms with Crippen LogP contribution in [0.5, 0.6) is 0 Å². The predicted octanol–water partition coefficient (Wildman–Crippen LogP) is 3.21. The van der Waals surface area contributed by atoms with Crippen molar-refractivity contribution in [1.82, 2.24) is 15.2 Å². The van der Waals surface area contributed by atoms with Gasteiger partial charge in [0.2, 0.25) is 0 Å². The monoisotopic (exact) mass is 290 g/mol. The molecule has 0 saturated carbocycles. The molecule has 5 heteroatoms. The van der Waals surface area contributed by atoms with Crippen molar-refractivity contribution in [3.05, 3.63) is 34.4 Å². The molecule has 2 heterocycles. The molecule has 4 nitrogen and oxygen atoms in total. The lowest BCUT2D eigenvalue weighted by molar-refractivity contribution is 1.10. The van der Waals surface area contributed by atoms with E-state index in [9.17, 15) is 0 Å². The molecule has 0 atom stereocenters. The molecule has 0 aliphatic carbocycles. The molecular formula is C12H11BrN4. The zero-order valence-electron chi connectivity index (χ0n) is 9.21. The van der Waals surface area contributed by atoms with Crippen LogP contribution in [0.4, 0.5) is 5.82 Å². The van der Waals surface area contributed by atoms with Crippen molar-refractivity contribution >= 4 is 32.7 Å². The number of aryl methyl sites for hydroxylation is 1. The van der Waals surface area contributed by atoms with E-state index in [0.717, 1.165) is 32.3 Å². The van der Waals surface area contributed by atoms with Gasteiger partial charge in [-0.2, -0.15) is 5.10 Å². The molecular weight excluding hydrogens is 280 g/mol. The van der Waals surface area contributed by atoms with Crippen molar-refractivity contribution in [3.63, 3.8) is 0 Å². The van der Waals surface area contributed by atoms with Crippen LogP contribution < -0.4 is 5.73 Å². The van der Waals surface area contributed by atoms with Crippen molar-refractivity contribution in [2.45, 2.75) is 6.92 Å². The molecule has 4 N–H and O–H groups in total. The number of aromatic nitrogens is 3. The molecule has 0 bridgehead atoms. The Kier molecular flexibility index (Phi) is 2.22. The summed E-state index contributed by atoms with van der Waals surface area (Å²) in [5.41, 5.74) is 9.90. The van der Waals surface area contributed by atoms with Gasteiger partial charge in [-0.15, -0.1) is 0 Å². The van der Waals surface area contributed by atoms with Crippen LogP contribution in [0.15, 0.2) is 28.7 Å². The minimum absolute atomic E-state index is 0.503. The molecule has 0 amide bonds. The fraction of sp³-hybridized carbons (Fsp3) is 0.0833. The molecule has 0 fully saturated rings. The Bertz CT molecular complexity index is 696. The molecule has 0 aliphatic heterocycles. The summed E-state index contributed by atoms with van der Waals surface area (Å²) in [6, 6.07) is 8.00. The van der Waals surface area contributed by atoms with Gasteiger partial charge in [-0.3, -0.25) is 5.10 Å². The Morgan fingerprint density at radius 3 is 2.82 bits per heavy atom. The highest BCUT2D eigenvalue weighted by Gasteiger charge is 2.12. The normalized spacial score (nSPS) is 11.2. The van der Waals surface area contributed by atoms with Crippen LogP contribution in [0.2, 0.25) is 0 Å². The zero-order chi connectivity index (χ0) is 12.0. The number of benzene rings is 1. The third-order valence-corrected chi connectivity index (χ3v) is 3.31. The summed E-state index contributed by atoms with van der Waals surface area (Å²) in [6.07, 6.45) is 0. The smallest absolute Gasteiger partial charge is 0.145 e. The highest BCUT2D eigenvalue weighted by molar-refractivity contribution is 9.10. The number of nitrogens with zero attached hydrogens (tertiary/aromatic N) is 1. The summed E-state index contributed by atoms with van der Waals surface area (Å²) in [6.45, 7) is 2.04. The topological polar surface area (TPSA) is 70.5 Å². The summed E-state index contributed by atoms with van der Waals surface area (Å²) < 4.78 is 1.05. The van der Waals surface area contributed by atoms with E-state index in [0.29, 0.717) is 5.82 Å². The Hall–Kier alpha value is -1.75. The van der Waals surface area contributed by atoms with Crippen molar-refractivity contribution < 1.29 is 0 Å². The summed E-state index contributed by atoms with van der Waals surface area (Å²) in [7, 11) is 0. The van der Waals surface area contributed by atoms with Crippen LogP contribution in [0.25, 0.3) is 22.2 Å². The standard InChI is InChI=1S/C12H11BrN4/c1-6-12(10-5-11(14)17-16-10)8-4-7(13)2-3-9(8)15-6/h2-5,15H,1H3,(H3,14,16,17). The minimum Gasteiger partial charge on any atom is -0.382 e. The van der Waals surface area contributed by atoms with E-state index in [1.807, 2.05) is 19.1 Å². The van der Waals surface area contributed by atoms with E-state index >= 15 is 0 Å². The number of nitrogens with one attached hydrogen (secondary N) is 2. The van der Waals surface area contributed by atoms with E-state index in [1.165, 1.54) is 0 Å². The van der Waals surface area contributed by atoms with Gasteiger partial charge in [-0.05, 0) is 25.1 Å². The maximum absolute atomic E-state index is 5.65. The van der Waals surface area contributed by atoms with Crippen molar-refractivity contribution in [2.24, 2.45) is 0 Å². The Morgan fingerprint density at radius 2 is 2.12 bits per heavy atom. The van der Waals surface area contributed by atoms with Crippen molar-refractivity contribution in [3.8, 4) is 11.3 Å². The molecule has 0 unspecified atom stereocenters. The average Bonchev–Trinajstić information content (AvgIpc) is 2.81. The SMILES string of the molecule is Cc1[nH]c2ccc(Br)cc2c1-c1cc(N)n[nH]1. The fourth-order valence-electron chi connectivity index (χ4n) is 2.11. The van der Waals surface area contributed by atoms with Gasteiger partial charge in [-0.1, -0.05) is 15.9 Å². The van der Waals surface area contributed by atoms with Gasteiger partial charge in [0.15, 0.2) is 0 Å². The zero-order valence-corrected chi connectivity index (χ0v) is 10.8. The number of fused-ring (bicyclic) bond motifs is 1. The van der Waals surface area contributed by atoms with Gasteiger partial charge >= 0.3 is 0 Å². The van der Waals surface area contributed by atoms with Gasteiger partial charge in [0.1, 0.15) is 5.82 Å². The molecule has 1 aromatic carbocycles. The lowest BCUT2D eigenvalue weighted by Gasteiger charge is -1.97. The minimum atomic E-state index is 0.503. The van der Waals surface area contributed by atoms with Gasteiger partial charge in [-0.25, -0.2) is 0 Å². The molecule has 86 valence electrons. The fourth-order valence-corrected chi connectivity index (χ4v) is 2.47. The first-order valence-corrected chi connectivity index (χ1v) is 6.03. The van der Waals surface area contributed by atoms with E-state index in [2.05, 4.69) is 43.2 Å². The number of nitrogen functional groups attached to an aromatic ring is 1. The number of rotatable bonds is 1. The number of anilines is 1. The summed E-state index contributed by atoms with van der Waals surface area (Å²) in [4.78, 5) is 3.35. The number of aromatic amines is 2. The number of H-pyrrole nitrogens is 2. The van der Waals surface area contributed by atoms with Gasteiger partial charge in [0.05, 0.1) is 5.69 Å². The largest absolute Gasteiger partial charge is 0.382 e. The maximum Gasteiger partial charge on any atom is 0.145 e. The van der Waals surface area contributed by atoms with Gasteiger partial charge < -0.3 is 10.7 Å². The molecule has 0 saturated heterocycles. The maximum atomic E-state index is 5.65. The van der Waals surface area contributed by atoms with E-state index in [4.69, 9.17) is 5.73 Å². The third kappa shape index (κ3) is 1.63. The van der Waals surface area contributed by atoms with Crippen LogP contribution in [0, 0.1) is 6.92 Å². The van der Waals surface area contributed by atoms with E-state index in [-0.39, 0.29) is 0 Å². The van der Waals surface area contributed by atoms with Gasteiger partial charge in [0, 0.05) is 32.7 Å². The number of hydrogen-bond acceptors (Lipinski definition) is 2. The second kappa shape index (κ2) is 3.63. The summed E-state index contributed by atoms with van der Waals surface area (Å²) in [5, 5.41) is 8.07. The molecule has 0 aliphatic rings. The highest BCUT2D eigenvalue weighted by Crippen LogP contribution is 2.33. The van der Waals surface area contributed by atoms with Crippen LogP contribution in [-0.4, -0.2) is 15.2 Å². The lowest BCUT2D eigenvalue weighted by Crippen LogP contribution is -1.81. The quantitative estimate of drug-likeness (QED) is 0.644. The first-order valence-electron chi connectivity index (χ1n) is 5.24. The van der Waals surface area contributed by atoms with Crippen molar-refractivity contribution in [2.75, 3.05) is 5.73 Å². The first kappa shape index (κ1) is 10.4.